The van der Waals surface area contributed by atoms with Crippen molar-refractivity contribution >= 4 is 25.0 Å². The topological polar surface area (TPSA) is 77.8 Å². The van der Waals surface area contributed by atoms with Gasteiger partial charge in [0.15, 0.2) is 25.0 Å². The Bertz CT molecular complexity index is 218. The molecule has 0 aliphatic heterocycles. The third kappa shape index (κ3) is 18.3. The molecule has 0 aromatic heterocycles. The zero-order chi connectivity index (χ0) is 21.9. The molecule has 0 atom stereocenters. The Balaban J connectivity index is -0.000000133. The molecule has 0 bridgehead atoms. The van der Waals surface area contributed by atoms with Gasteiger partial charge in [0.25, 0.3) is 0 Å². The van der Waals surface area contributed by atoms with E-state index in [1.165, 1.54) is 0 Å². The first-order valence-electron chi connectivity index (χ1n) is 10.4. The van der Waals surface area contributed by atoms with Crippen LogP contribution in [0.1, 0.15) is 62.3 Å². The number of hydrogen-bond donors (Lipinski definition) is 3. The Morgan fingerprint density at radius 2 is 0.500 bits per heavy atom. The molecule has 0 fully saturated rings. The molecule has 0 saturated carbocycles. The van der Waals surface area contributed by atoms with Gasteiger partial charge in [-0.05, 0) is 54.4 Å². The van der Waals surface area contributed by atoms with Gasteiger partial charge in [-0.2, -0.15) is 0 Å². The Hall–Kier alpha value is 0.915. The first kappa shape index (κ1) is 34.4. The van der Waals surface area contributed by atoms with Gasteiger partial charge < -0.3 is 14.4 Å². The van der Waals surface area contributed by atoms with Crippen molar-refractivity contribution in [3.63, 3.8) is 0 Å². The summed E-state index contributed by atoms with van der Waals surface area (Å²) >= 11 is 1.06. The monoisotopic (exact) mass is 463 g/mol. The molecule has 0 aliphatic carbocycles. The van der Waals surface area contributed by atoms with E-state index >= 15 is 0 Å². The molecule has 4 nitrogen and oxygen atoms in total. The van der Waals surface area contributed by atoms with Crippen molar-refractivity contribution in [2.45, 2.75) is 117 Å². The molecule has 0 aromatic carbocycles. The molecule has 0 heterocycles. The summed E-state index contributed by atoms with van der Waals surface area (Å²) in [6, 6.07) is 9.13. The van der Waals surface area contributed by atoms with Crippen LogP contribution in [0.4, 0.5) is 0 Å². The van der Waals surface area contributed by atoms with Gasteiger partial charge in [0.05, 0.1) is 0 Å². The van der Waals surface area contributed by atoms with Gasteiger partial charge in [0.1, 0.15) is 0 Å². The molecule has 0 aliphatic rings. The van der Waals surface area contributed by atoms with E-state index in [-0.39, 0.29) is 0 Å². The van der Waals surface area contributed by atoms with Crippen LogP contribution in [-0.4, -0.2) is 39.3 Å². The van der Waals surface area contributed by atoms with Gasteiger partial charge in [-0.25, -0.2) is 0 Å². The van der Waals surface area contributed by atoms with Crippen molar-refractivity contribution in [2.75, 3.05) is 0 Å². The Morgan fingerprint density at radius 3 is 0.500 bits per heavy atom. The summed E-state index contributed by atoms with van der Waals surface area (Å²) in [6.07, 6.45) is 0. The van der Waals surface area contributed by atoms with E-state index in [1.807, 2.05) is 0 Å². The molecule has 0 rings (SSSR count). The van der Waals surface area contributed by atoms with Crippen molar-refractivity contribution in [1.29, 1.82) is 0 Å². The van der Waals surface area contributed by atoms with E-state index in [1.54, 1.807) is 0 Å². The fraction of sp³-hybridized carbons (Fsp3) is 1.00. The van der Waals surface area contributed by atoms with Gasteiger partial charge in [0, 0.05) is 0 Å². The molecule has 0 saturated heterocycles. The summed E-state index contributed by atoms with van der Waals surface area (Å²) in [7, 11) is -5.01. The normalized spacial score (nSPS) is 11.2. The van der Waals surface area contributed by atoms with Crippen molar-refractivity contribution < 1.29 is 35.4 Å². The Labute approximate surface area is 176 Å². The fourth-order valence-corrected chi connectivity index (χ4v) is 6.75. The van der Waals surface area contributed by atoms with E-state index in [4.69, 9.17) is 3.67 Å². The number of hydrogen-bond acceptors (Lipinski definition) is 4. The van der Waals surface area contributed by atoms with E-state index < -0.39 is 25.0 Å². The van der Waals surface area contributed by atoms with E-state index in [0.29, 0.717) is 0 Å². The predicted octanol–water partition coefficient (Wildman–Crippen LogP) is 5.83. The first-order chi connectivity index (χ1) is 12.0. The Morgan fingerprint density at radius 1 is 0.423 bits per heavy atom. The van der Waals surface area contributed by atoms with Crippen molar-refractivity contribution in [1.82, 2.24) is 0 Å². The van der Waals surface area contributed by atoms with Crippen LogP contribution in [0.15, 0.2) is 0 Å². The maximum absolute atomic E-state index is 9.58. The summed E-state index contributed by atoms with van der Waals surface area (Å²) in [5.41, 5.74) is 0. The standard InChI is InChI=1S/3C6H16OSi.O.V/c3*1-4-8(7,5-2)6-3;;/h3*7H,4-6H2,1-3H3;;. The molecule has 3 N–H and O–H groups in total. The molecule has 0 unspecified atom stereocenters. The van der Waals surface area contributed by atoms with Crippen LogP contribution < -0.4 is 0 Å². The molecular formula is C18H48O4Si3V. The van der Waals surface area contributed by atoms with E-state index in [9.17, 15) is 14.4 Å². The van der Waals surface area contributed by atoms with Crippen LogP contribution in [0.3, 0.4) is 0 Å². The second-order valence-corrected chi connectivity index (χ2v) is 20.6. The van der Waals surface area contributed by atoms with Crippen LogP contribution in [0, 0.1) is 0 Å². The van der Waals surface area contributed by atoms with Crippen LogP contribution >= 0.6 is 0 Å². The molecule has 161 valence electrons. The Kier molecular flexibility index (Phi) is 27.3. The van der Waals surface area contributed by atoms with Gasteiger partial charge in [0.2, 0.25) is 0 Å². The molecule has 0 spiro atoms. The molecule has 26 heavy (non-hydrogen) atoms. The minimum absolute atomic E-state index is 1.01. The summed E-state index contributed by atoms with van der Waals surface area (Å²) in [6.45, 7) is 18.7. The summed E-state index contributed by atoms with van der Waals surface area (Å²) in [4.78, 5) is 28.7. The fourth-order valence-electron chi connectivity index (χ4n) is 2.25. The van der Waals surface area contributed by atoms with Gasteiger partial charge in [-0.1, -0.05) is 62.3 Å². The van der Waals surface area contributed by atoms with Gasteiger partial charge in [-0.15, -0.1) is 0 Å². The van der Waals surface area contributed by atoms with Crippen LogP contribution in [-0.2, 0) is 21.0 Å². The average Bonchev–Trinajstić information content (AvgIpc) is 2.74. The van der Waals surface area contributed by atoms with Gasteiger partial charge >= 0.3 is 21.0 Å². The summed E-state index contributed by atoms with van der Waals surface area (Å²) < 4.78 is 8.19. The van der Waals surface area contributed by atoms with E-state index in [2.05, 4.69) is 62.3 Å². The molecule has 8 heteroatoms. The third-order valence-corrected chi connectivity index (χ3v) is 17.8. The minimum atomic E-state index is -1.67. The third-order valence-electron chi connectivity index (χ3n) is 5.92. The zero-order valence-electron chi connectivity index (χ0n) is 19.1. The van der Waals surface area contributed by atoms with Crippen LogP contribution in [0.5, 0.6) is 0 Å². The second kappa shape index (κ2) is 20.6. The maximum atomic E-state index is 9.58. The molecule has 0 radical (unpaired) electrons. The molecular weight excluding hydrogens is 415 g/mol. The predicted molar refractivity (Wildman–Crippen MR) is 119 cm³/mol. The summed E-state index contributed by atoms with van der Waals surface area (Å²) in [5.74, 6) is 0. The van der Waals surface area contributed by atoms with Gasteiger partial charge in [-0.3, -0.25) is 0 Å². The van der Waals surface area contributed by atoms with E-state index in [0.717, 1.165) is 71.8 Å². The molecule has 0 aromatic rings. The second-order valence-electron chi connectivity index (χ2n) is 6.86. The van der Waals surface area contributed by atoms with Crippen molar-refractivity contribution in [3.8, 4) is 0 Å². The average molecular weight is 464 g/mol. The molecule has 0 amide bonds. The number of rotatable bonds is 9. The quantitative estimate of drug-likeness (QED) is 0.376. The zero-order valence-corrected chi connectivity index (χ0v) is 23.5. The SMILES string of the molecule is CC[Si](O)(CC)CC.CC[Si](O)(CC)CC.CC[Si](O)(CC)CC.[O]=[V]. The van der Waals surface area contributed by atoms with Crippen LogP contribution in [0.2, 0.25) is 54.4 Å². The summed E-state index contributed by atoms with van der Waals surface area (Å²) in [5, 5.41) is 0. The van der Waals surface area contributed by atoms with Crippen molar-refractivity contribution in [2.24, 2.45) is 0 Å². The first-order valence-corrected chi connectivity index (χ1v) is 18.7. The van der Waals surface area contributed by atoms with Crippen LogP contribution in [0.25, 0.3) is 0 Å². The van der Waals surface area contributed by atoms with Crippen molar-refractivity contribution in [3.05, 3.63) is 0 Å².